The van der Waals surface area contributed by atoms with E-state index >= 15 is 0 Å². The van der Waals surface area contributed by atoms with Gasteiger partial charge in [0.15, 0.2) is 0 Å². The van der Waals surface area contributed by atoms with Gasteiger partial charge in [-0.25, -0.2) is 0 Å². The monoisotopic (exact) mass is 206 g/mol. The highest BCUT2D eigenvalue weighted by atomic mass is 16.3. The highest BCUT2D eigenvalue weighted by molar-refractivity contribution is 5.51. The van der Waals surface area contributed by atoms with Gasteiger partial charge in [0.1, 0.15) is 6.29 Å². The lowest BCUT2D eigenvalue weighted by Gasteiger charge is -2.21. The van der Waals surface area contributed by atoms with E-state index in [1.54, 1.807) is 6.92 Å². The van der Waals surface area contributed by atoms with Crippen molar-refractivity contribution in [2.24, 2.45) is 0 Å². The van der Waals surface area contributed by atoms with Crippen LogP contribution in [0, 0.1) is 13.8 Å². The fraction of sp³-hybridized carbons (Fsp3) is 0.462. The van der Waals surface area contributed by atoms with E-state index in [9.17, 15) is 9.90 Å². The summed E-state index contributed by atoms with van der Waals surface area (Å²) in [5.41, 5.74) is 2.52. The summed E-state index contributed by atoms with van der Waals surface area (Å²) in [5, 5.41) is 9.95. The first-order chi connectivity index (χ1) is 6.94. The number of carbonyl (C=O) groups excluding carboxylic acids is 1. The summed E-state index contributed by atoms with van der Waals surface area (Å²) in [4.78, 5) is 10.4. The number of aryl methyl sites for hydroxylation is 2. The van der Waals surface area contributed by atoms with Gasteiger partial charge in [-0.3, -0.25) is 0 Å². The minimum absolute atomic E-state index is 0.181. The molecule has 15 heavy (non-hydrogen) atoms. The number of hydrogen-bond acceptors (Lipinski definition) is 2. The maximum atomic E-state index is 10.4. The molecule has 1 N–H and O–H groups in total. The lowest BCUT2D eigenvalue weighted by molar-refractivity contribution is -0.111. The molecule has 0 heterocycles. The minimum Gasteiger partial charge on any atom is -0.389 e. The van der Waals surface area contributed by atoms with Crippen molar-refractivity contribution in [2.45, 2.75) is 39.2 Å². The molecule has 1 rings (SSSR count). The molecule has 0 aliphatic carbocycles. The molecule has 1 aromatic carbocycles. The first-order valence-corrected chi connectivity index (χ1v) is 5.17. The molecule has 1 unspecified atom stereocenters. The zero-order valence-electron chi connectivity index (χ0n) is 9.58. The van der Waals surface area contributed by atoms with Crippen LogP contribution in [-0.2, 0) is 11.2 Å². The number of aliphatic hydroxyl groups is 1. The molecule has 0 aliphatic heterocycles. The molecular formula is C13H18O2. The van der Waals surface area contributed by atoms with E-state index in [2.05, 4.69) is 6.07 Å². The molecular weight excluding hydrogens is 188 g/mol. The van der Waals surface area contributed by atoms with Crippen LogP contribution in [0.25, 0.3) is 0 Å². The van der Waals surface area contributed by atoms with Crippen LogP contribution in [-0.4, -0.2) is 17.0 Å². The first kappa shape index (κ1) is 11.9. The van der Waals surface area contributed by atoms with E-state index in [1.807, 2.05) is 26.0 Å². The van der Waals surface area contributed by atoms with Gasteiger partial charge < -0.3 is 9.90 Å². The second kappa shape index (κ2) is 4.58. The van der Waals surface area contributed by atoms with Crippen molar-refractivity contribution >= 4 is 6.29 Å². The highest BCUT2D eigenvalue weighted by Gasteiger charge is 2.21. The van der Waals surface area contributed by atoms with E-state index < -0.39 is 5.60 Å². The van der Waals surface area contributed by atoms with E-state index in [4.69, 9.17) is 0 Å². The van der Waals surface area contributed by atoms with Gasteiger partial charge in [0.05, 0.1) is 5.60 Å². The summed E-state index contributed by atoms with van der Waals surface area (Å²) in [6, 6.07) is 6.16. The Hall–Kier alpha value is -1.15. The Balaban J connectivity index is 2.88. The molecule has 0 saturated heterocycles. The predicted octanol–water partition coefficient (Wildman–Crippen LogP) is 2.19. The van der Waals surface area contributed by atoms with Crippen LogP contribution in [0.5, 0.6) is 0 Å². The SMILES string of the molecule is Cc1ccc(C)c(CC(C)(O)CC=O)c1. The Morgan fingerprint density at radius 1 is 1.40 bits per heavy atom. The van der Waals surface area contributed by atoms with Crippen LogP contribution in [0.2, 0.25) is 0 Å². The van der Waals surface area contributed by atoms with Gasteiger partial charge in [0.2, 0.25) is 0 Å². The van der Waals surface area contributed by atoms with Crippen molar-refractivity contribution in [3.63, 3.8) is 0 Å². The summed E-state index contributed by atoms with van der Waals surface area (Å²) in [6.07, 6.45) is 1.48. The molecule has 2 heteroatoms. The zero-order valence-corrected chi connectivity index (χ0v) is 9.58. The maximum absolute atomic E-state index is 10.4. The van der Waals surface area contributed by atoms with Gasteiger partial charge in [-0.05, 0) is 31.9 Å². The minimum atomic E-state index is -0.930. The molecule has 1 atom stereocenters. The fourth-order valence-electron chi connectivity index (χ4n) is 1.65. The third-order valence-corrected chi connectivity index (χ3v) is 2.60. The topological polar surface area (TPSA) is 37.3 Å². The lowest BCUT2D eigenvalue weighted by Crippen LogP contribution is -2.28. The van der Waals surface area contributed by atoms with Gasteiger partial charge in [-0.15, -0.1) is 0 Å². The molecule has 2 nitrogen and oxygen atoms in total. The number of hydrogen-bond donors (Lipinski definition) is 1. The second-order valence-corrected chi connectivity index (χ2v) is 4.47. The van der Waals surface area contributed by atoms with Crippen LogP contribution in [0.15, 0.2) is 18.2 Å². The first-order valence-electron chi connectivity index (χ1n) is 5.17. The molecule has 0 amide bonds. The Morgan fingerprint density at radius 2 is 2.07 bits per heavy atom. The summed E-state index contributed by atoms with van der Waals surface area (Å²) >= 11 is 0. The zero-order chi connectivity index (χ0) is 11.5. The number of benzene rings is 1. The van der Waals surface area contributed by atoms with Crippen molar-refractivity contribution in [2.75, 3.05) is 0 Å². The standard InChI is InChI=1S/C13H18O2/c1-10-4-5-11(2)12(8-10)9-13(3,15)6-7-14/h4-5,7-8,15H,6,9H2,1-3H3. The van der Waals surface area contributed by atoms with Crippen molar-refractivity contribution in [1.29, 1.82) is 0 Å². The largest absolute Gasteiger partial charge is 0.389 e. The molecule has 0 spiro atoms. The van der Waals surface area contributed by atoms with Gasteiger partial charge in [0.25, 0.3) is 0 Å². The van der Waals surface area contributed by atoms with E-state index in [0.717, 1.165) is 17.4 Å². The molecule has 0 saturated carbocycles. The van der Waals surface area contributed by atoms with Crippen molar-refractivity contribution in [3.8, 4) is 0 Å². The average Bonchev–Trinajstić information content (AvgIpc) is 2.10. The van der Waals surface area contributed by atoms with Crippen molar-refractivity contribution in [3.05, 3.63) is 34.9 Å². The number of carbonyl (C=O) groups is 1. The summed E-state index contributed by atoms with van der Waals surface area (Å²) < 4.78 is 0. The molecule has 82 valence electrons. The summed E-state index contributed by atoms with van der Waals surface area (Å²) in [5.74, 6) is 0. The maximum Gasteiger partial charge on any atom is 0.122 e. The van der Waals surface area contributed by atoms with E-state index in [1.165, 1.54) is 5.56 Å². The Bertz CT molecular complexity index is 354. The van der Waals surface area contributed by atoms with Crippen LogP contribution in [0.1, 0.15) is 30.0 Å². The quantitative estimate of drug-likeness (QED) is 0.767. The molecule has 0 aliphatic rings. The molecule has 0 fully saturated rings. The van der Waals surface area contributed by atoms with Gasteiger partial charge in [0, 0.05) is 12.8 Å². The van der Waals surface area contributed by atoms with Crippen molar-refractivity contribution in [1.82, 2.24) is 0 Å². The third-order valence-electron chi connectivity index (χ3n) is 2.60. The van der Waals surface area contributed by atoms with Crippen LogP contribution >= 0.6 is 0 Å². The summed E-state index contributed by atoms with van der Waals surface area (Å²) in [7, 11) is 0. The smallest absolute Gasteiger partial charge is 0.122 e. The van der Waals surface area contributed by atoms with Crippen LogP contribution in [0.3, 0.4) is 0 Å². The Morgan fingerprint density at radius 3 is 2.67 bits per heavy atom. The van der Waals surface area contributed by atoms with Crippen LogP contribution in [0.4, 0.5) is 0 Å². The highest BCUT2D eigenvalue weighted by Crippen LogP contribution is 2.19. The Labute approximate surface area is 90.9 Å². The van der Waals surface area contributed by atoms with E-state index in [0.29, 0.717) is 6.42 Å². The van der Waals surface area contributed by atoms with Crippen LogP contribution < -0.4 is 0 Å². The van der Waals surface area contributed by atoms with Gasteiger partial charge in [-0.2, -0.15) is 0 Å². The normalized spacial score (nSPS) is 14.7. The Kier molecular flexibility index (Phi) is 3.64. The summed E-state index contributed by atoms with van der Waals surface area (Å²) in [6.45, 7) is 5.74. The average molecular weight is 206 g/mol. The lowest BCUT2D eigenvalue weighted by atomic mass is 9.91. The number of aldehydes is 1. The fourth-order valence-corrected chi connectivity index (χ4v) is 1.65. The molecule has 0 aromatic heterocycles. The number of rotatable bonds is 4. The van der Waals surface area contributed by atoms with Crippen molar-refractivity contribution < 1.29 is 9.90 Å². The molecule has 0 radical (unpaired) electrons. The molecule has 1 aromatic rings. The molecule has 0 bridgehead atoms. The van der Waals surface area contributed by atoms with E-state index in [-0.39, 0.29) is 6.42 Å². The third kappa shape index (κ3) is 3.48. The predicted molar refractivity (Wildman–Crippen MR) is 60.9 cm³/mol. The van der Waals surface area contributed by atoms with Gasteiger partial charge in [-0.1, -0.05) is 23.8 Å². The second-order valence-electron chi connectivity index (χ2n) is 4.47. The van der Waals surface area contributed by atoms with Gasteiger partial charge >= 0.3 is 0 Å².